The quantitative estimate of drug-likeness (QED) is 0.449. The molecule has 0 bridgehead atoms. The number of hydrogen-bond donors (Lipinski definition) is 2. The van der Waals surface area contributed by atoms with Gasteiger partial charge in [-0.1, -0.05) is 23.7 Å². The van der Waals surface area contributed by atoms with Gasteiger partial charge in [0, 0.05) is 36.6 Å². The van der Waals surface area contributed by atoms with Gasteiger partial charge in [-0.15, -0.1) is 0 Å². The van der Waals surface area contributed by atoms with E-state index in [9.17, 15) is 4.79 Å². The monoisotopic (exact) mass is 461 g/mol. The number of nitrogens with zero attached hydrogens (tertiary/aromatic N) is 3. The Morgan fingerprint density at radius 3 is 2.76 bits per heavy atom. The molecule has 168 valence electrons. The number of H-pyrrole nitrogens is 1. The second-order valence-electron chi connectivity index (χ2n) is 8.09. The Balaban J connectivity index is 1.52. The summed E-state index contributed by atoms with van der Waals surface area (Å²) in [7, 11) is 0. The van der Waals surface area contributed by atoms with Crippen LogP contribution in [0.2, 0.25) is 5.02 Å². The van der Waals surface area contributed by atoms with Crippen molar-refractivity contribution < 1.29 is 4.74 Å². The zero-order valence-electron chi connectivity index (χ0n) is 18.3. The molecular weight excluding hydrogens is 438 g/mol. The third-order valence-electron chi connectivity index (χ3n) is 5.74. The van der Waals surface area contributed by atoms with Gasteiger partial charge in [0.15, 0.2) is 0 Å². The molecule has 2 aromatic carbocycles. The first-order valence-electron chi connectivity index (χ1n) is 10.9. The van der Waals surface area contributed by atoms with Gasteiger partial charge in [-0.3, -0.25) is 4.79 Å². The molecule has 0 unspecified atom stereocenters. The summed E-state index contributed by atoms with van der Waals surface area (Å²) in [6, 6.07) is 15.7. The van der Waals surface area contributed by atoms with Crippen molar-refractivity contribution in [1.82, 2.24) is 15.0 Å². The maximum atomic E-state index is 12.6. The van der Waals surface area contributed by atoms with Gasteiger partial charge in [0.05, 0.1) is 29.2 Å². The Hall–Kier alpha value is -3.42. The average Bonchev–Trinajstić information content (AvgIpc) is 3.09. The smallest absolute Gasteiger partial charge is 0.262 e. The summed E-state index contributed by atoms with van der Waals surface area (Å²) in [6.07, 6.45) is 2.41. The topological polar surface area (TPSA) is 83.1 Å². The predicted molar refractivity (Wildman–Crippen MR) is 133 cm³/mol. The zero-order chi connectivity index (χ0) is 22.8. The maximum absolute atomic E-state index is 12.6. The van der Waals surface area contributed by atoms with E-state index in [4.69, 9.17) is 21.3 Å². The molecule has 1 aliphatic heterocycles. The summed E-state index contributed by atoms with van der Waals surface area (Å²) in [5, 5.41) is 4.32. The molecule has 0 amide bonds. The number of hydrogen-bond acceptors (Lipinski definition) is 6. The number of fused-ring (bicyclic) bond motifs is 1. The van der Waals surface area contributed by atoms with Gasteiger partial charge in [-0.2, -0.15) is 0 Å². The normalized spacial score (nSPS) is 14.3. The molecule has 0 saturated carbocycles. The fraction of sp³-hybridized carbons (Fsp3) is 0.240. The van der Waals surface area contributed by atoms with Crippen LogP contribution in [0, 0.1) is 6.92 Å². The van der Waals surface area contributed by atoms with Crippen molar-refractivity contribution in [3.8, 4) is 11.3 Å². The number of ether oxygens (including phenoxy) is 1. The lowest BCUT2D eigenvalue weighted by Gasteiger charge is -2.22. The van der Waals surface area contributed by atoms with Gasteiger partial charge in [-0.25, -0.2) is 9.97 Å². The zero-order valence-corrected chi connectivity index (χ0v) is 19.0. The summed E-state index contributed by atoms with van der Waals surface area (Å²) in [4.78, 5) is 26.7. The summed E-state index contributed by atoms with van der Waals surface area (Å²) >= 11 is 6.50. The number of nitrogens with one attached hydrogen (secondary N) is 2. The molecule has 1 fully saturated rings. The van der Waals surface area contributed by atoms with Gasteiger partial charge in [0.25, 0.3) is 5.56 Å². The fourth-order valence-corrected chi connectivity index (χ4v) is 4.37. The molecule has 4 aromatic rings. The maximum Gasteiger partial charge on any atom is 0.262 e. The molecule has 3 heterocycles. The molecule has 1 saturated heterocycles. The second-order valence-corrected chi connectivity index (χ2v) is 8.50. The van der Waals surface area contributed by atoms with Crippen molar-refractivity contribution in [2.45, 2.75) is 13.3 Å². The largest absolute Gasteiger partial charge is 0.380 e. The summed E-state index contributed by atoms with van der Waals surface area (Å²) in [5.41, 5.74) is 4.76. The number of aromatic nitrogens is 3. The standard InChI is InChI=1S/C25H24ClN5O2/c1-16-3-8-19(20(26)13-16)21-14-22-23(25(32)28-15-27-22)24(30-21)29-17-4-6-18(7-5-17)31-9-2-11-33-12-10-31/h3-8,13-15H,2,9-12H2,1H3,(H,29,30)(H,27,28,32). The van der Waals surface area contributed by atoms with Crippen LogP contribution in [0.15, 0.2) is 59.7 Å². The number of pyridine rings is 1. The van der Waals surface area contributed by atoms with E-state index < -0.39 is 0 Å². The Morgan fingerprint density at radius 2 is 1.94 bits per heavy atom. The van der Waals surface area contributed by atoms with Crippen molar-refractivity contribution >= 4 is 39.7 Å². The first-order chi connectivity index (χ1) is 16.1. The molecule has 8 heteroatoms. The molecule has 1 aliphatic rings. The molecule has 2 aromatic heterocycles. The van der Waals surface area contributed by atoms with Crippen molar-refractivity contribution in [3.05, 3.63) is 75.8 Å². The minimum absolute atomic E-state index is 0.252. The molecule has 5 rings (SSSR count). The van der Waals surface area contributed by atoms with Crippen LogP contribution in [0.1, 0.15) is 12.0 Å². The molecule has 0 atom stereocenters. The molecule has 2 N–H and O–H groups in total. The van der Waals surface area contributed by atoms with Crippen LogP contribution in [0.5, 0.6) is 0 Å². The van der Waals surface area contributed by atoms with E-state index in [1.807, 2.05) is 37.3 Å². The molecule has 33 heavy (non-hydrogen) atoms. The highest BCUT2D eigenvalue weighted by Gasteiger charge is 2.15. The predicted octanol–water partition coefficient (Wildman–Crippen LogP) is 4.92. The van der Waals surface area contributed by atoms with E-state index in [0.717, 1.165) is 55.2 Å². The van der Waals surface area contributed by atoms with Crippen LogP contribution in [0.4, 0.5) is 17.2 Å². The summed E-state index contributed by atoms with van der Waals surface area (Å²) in [6.45, 7) is 5.37. The molecule has 7 nitrogen and oxygen atoms in total. The van der Waals surface area contributed by atoms with Crippen LogP contribution in [-0.4, -0.2) is 41.3 Å². The lowest BCUT2D eigenvalue weighted by atomic mass is 10.1. The highest BCUT2D eigenvalue weighted by molar-refractivity contribution is 6.33. The number of rotatable bonds is 4. The van der Waals surface area contributed by atoms with Crippen molar-refractivity contribution in [2.24, 2.45) is 0 Å². The number of halogens is 1. The van der Waals surface area contributed by atoms with Crippen LogP contribution >= 0.6 is 11.6 Å². The Morgan fingerprint density at radius 1 is 1.09 bits per heavy atom. The lowest BCUT2D eigenvalue weighted by molar-refractivity contribution is 0.152. The Bertz CT molecular complexity index is 1350. The van der Waals surface area contributed by atoms with Crippen molar-refractivity contribution in [1.29, 1.82) is 0 Å². The Kier molecular flexibility index (Phi) is 5.98. The molecular formula is C25H24ClN5O2. The molecule has 0 aliphatic carbocycles. The van der Waals surface area contributed by atoms with E-state index in [0.29, 0.717) is 27.4 Å². The molecule has 0 spiro atoms. The van der Waals surface area contributed by atoms with E-state index in [1.165, 1.54) is 6.33 Å². The highest BCUT2D eigenvalue weighted by Crippen LogP contribution is 2.32. The van der Waals surface area contributed by atoms with Crippen LogP contribution < -0.4 is 15.8 Å². The van der Waals surface area contributed by atoms with Crippen molar-refractivity contribution in [2.75, 3.05) is 36.5 Å². The van der Waals surface area contributed by atoms with Crippen LogP contribution in [-0.2, 0) is 4.74 Å². The third-order valence-corrected chi connectivity index (χ3v) is 6.06. The number of aromatic amines is 1. The minimum Gasteiger partial charge on any atom is -0.380 e. The number of benzene rings is 2. The van der Waals surface area contributed by atoms with Gasteiger partial charge in [0.1, 0.15) is 11.2 Å². The van der Waals surface area contributed by atoms with Crippen LogP contribution in [0.25, 0.3) is 22.2 Å². The fourth-order valence-electron chi connectivity index (χ4n) is 4.04. The summed E-state index contributed by atoms with van der Waals surface area (Å²) in [5.74, 6) is 0.435. The number of anilines is 3. The first kappa shape index (κ1) is 21.4. The highest BCUT2D eigenvalue weighted by atomic mass is 35.5. The van der Waals surface area contributed by atoms with E-state index in [-0.39, 0.29) is 5.56 Å². The third kappa shape index (κ3) is 4.55. The number of aryl methyl sites for hydroxylation is 1. The van der Waals surface area contributed by atoms with E-state index in [2.05, 4.69) is 32.3 Å². The van der Waals surface area contributed by atoms with Gasteiger partial charge in [-0.05, 0) is 55.3 Å². The second kappa shape index (κ2) is 9.21. The Labute approximate surface area is 196 Å². The van der Waals surface area contributed by atoms with Gasteiger partial charge >= 0.3 is 0 Å². The van der Waals surface area contributed by atoms with Gasteiger partial charge in [0.2, 0.25) is 0 Å². The lowest BCUT2D eigenvalue weighted by Crippen LogP contribution is -2.25. The first-order valence-corrected chi connectivity index (χ1v) is 11.3. The molecule has 0 radical (unpaired) electrons. The van der Waals surface area contributed by atoms with E-state index in [1.54, 1.807) is 6.07 Å². The minimum atomic E-state index is -0.252. The van der Waals surface area contributed by atoms with Crippen molar-refractivity contribution in [3.63, 3.8) is 0 Å². The van der Waals surface area contributed by atoms with Gasteiger partial charge < -0.3 is 19.9 Å². The SMILES string of the molecule is Cc1ccc(-c2cc3nc[nH]c(=O)c3c(Nc3ccc(N4CCCOCC4)cc3)n2)c(Cl)c1. The van der Waals surface area contributed by atoms with E-state index >= 15 is 0 Å². The summed E-state index contributed by atoms with van der Waals surface area (Å²) < 4.78 is 5.55. The van der Waals surface area contributed by atoms with Crippen LogP contribution in [0.3, 0.4) is 0 Å². The average molecular weight is 462 g/mol.